The number of hydrogen-bond acceptors (Lipinski definition) is 3. The summed E-state index contributed by atoms with van der Waals surface area (Å²) in [5.74, 6) is 6.92. The van der Waals surface area contributed by atoms with Gasteiger partial charge < -0.3 is 0 Å². The lowest BCUT2D eigenvalue weighted by atomic mass is 10.2. The zero-order valence-electron chi connectivity index (χ0n) is 12.9. The first-order valence-electron chi connectivity index (χ1n) is 7.60. The van der Waals surface area contributed by atoms with Gasteiger partial charge in [0.25, 0.3) is 5.91 Å². The van der Waals surface area contributed by atoms with Gasteiger partial charge in [-0.25, -0.2) is 10.9 Å². The molecule has 0 atom stereocenters. The molecule has 2 N–H and O–H groups in total. The minimum atomic E-state index is -0.192. The molecule has 0 unspecified atom stereocenters. The van der Waals surface area contributed by atoms with Crippen LogP contribution >= 0.6 is 11.8 Å². The van der Waals surface area contributed by atoms with Crippen molar-refractivity contribution in [2.45, 2.75) is 31.1 Å². The van der Waals surface area contributed by atoms with Crippen molar-refractivity contribution in [1.82, 2.24) is 0 Å². The molecule has 0 bridgehead atoms. The fraction of sp³-hybridized carbons (Fsp3) is 0.278. The standard InChI is InChI=1S/C18H22N2OS/c1-2-3-9-14-22-17-13-8-7-12-16(17)20(19)18(21)15-10-5-4-6-11-15/h4-8,10-13H,2-3,9,14,19H2,1H3. The third-order valence-electron chi connectivity index (χ3n) is 3.37. The Hall–Kier alpha value is -1.78. The summed E-state index contributed by atoms with van der Waals surface area (Å²) in [6.45, 7) is 2.19. The number of carbonyl (C=O) groups is 1. The molecule has 2 aromatic carbocycles. The zero-order valence-corrected chi connectivity index (χ0v) is 13.7. The van der Waals surface area contributed by atoms with Crippen LogP contribution in [0.3, 0.4) is 0 Å². The predicted octanol–water partition coefficient (Wildman–Crippen LogP) is 4.49. The molecule has 0 heterocycles. The third-order valence-corrected chi connectivity index (χ3v) is 4.52. The first kappa shape index (κ1) is 16.6. The zero-order chi connectivity index (χ0) is 15.8. The second kappa shape index (κ2) is 8.61. The third kappa shape index (κ3) is 4.36. The normalized spacial score (nSPS) is 10.5. The summed E-state index contributed by atoms with van der Waals surface area (Å²) in [7, 11) is 0. The van der Waals surface area contributed by atoms with Crippen LogP contribution in [0, 0.1) is 0 Å². The Balaban J connectivity index is 2.12. The second-order valence-corrected chi connectivity index (χ2v) is 6.20. The van der Waals surface area contributed by atoms with E-state index >= 15 is 0 Å². The van der Waals surface area contributed by atoms with Gasteiger partial charge in [0.05, 0.1) is 5.69 Å². The molecule has 0 aliphatic rings. The Morgan fingerprint density at radius 3 is 2.45 bits per heavy atom. The van der Waals surface area contributed by atoms with Crippen LogP contribution in [0.15, 0.2) is 59.5 Å². The molecule has 116 valence electrons. The van der Waals surface area contributed by atoms with E-state index in [-0.39, 0.29) is 5.91 Å². The molecule has 0 fully saturated rings. The first-order chi connectivity index (χ1) is 10.7. The van der Waals surface area contributed by atoms with E-state index in [2.05, 4.69) is 6.92 Å². The molecule has 0 aliphatic heterocycles. The van der Waals surface area contributed by atoms with Gasteiger partial charge in [0, 0.05) is 10.5 Å². The van der Waals surface area contributed by atoms with E-state index in [0.29, 0.717) is 5.56 Å². The highest BCUT2D eigenvalue weighted by Gasteiger charge is 2.16. The van der Waals surface area contributed by atoms with Gasteiger partial charge in [-0.3, -0.25) is 4.79 Å². The number of carbonyl (C=O) groups excluding carboxylic acids is 1. The molecule has 3 nitrogen and oxygen atoms in total. The average Bonchev–Trinajstić information content (AvgIpc) is 2.58. The molecule has 1 amide bonds. The van der Waals surface area contributed by atoms with E-state index in [9.17, 15) is 4.79 Å². The summed E-state index contributed by atoms with van der Waals surface area (Å²) < 4.78 is 0. The van der Waals surface area contributed by atoms with Gasteiger partial charge in [-0.2, -0.15) is 0 Å². The monoisotopic (exact) mass is 314 g/mol. The van der Waals surface area contributed by atoms with E-state index in [4.69, 9.17) is 5.84 Å². The Bertz CT molecular complexity index is 601. The molecular weight excluding hydrogens is 292 g/mol. The molecule has 2 aromatic rings. The number of thioether (sulfide) groups is 1. The number of hydrogen-bond donors (Lipinski definition) is 1. The average molecular weight is 314 g/mol. The molecule has 0 saturated carbocycles. The summed E-state index contributed by atoms with van der Waals surface area (Å²) in [5.41, 5.74) is 1.36. The molecule has 0 aromatic heterocycles. The summed E-state index contributed by atoms with van der Waals surface area (Å²) in [4.78, 5) is 13.5. The smallest absolute Gasteiger partial charge is 0.267 e. The van der Waals surface area contributed by atoms with Gasteiger partial charge in [0.1, 0.15) is 0 Å². The van der Waals surface area contributed by atoms with E-state index in [1.165, 1.54) is 24.3 Å². The number of amides is 1. The van der Waals surface area contributed by atoms with E-state index in [1.54, 1.807) is 23.9 Å². The Morgan fingerprint density at radius 1 is 1.05 bits per heavy atom. The SMILES string of the molecule is CCCCCSc1ccccc1N(N)C(=O)c1ccccc1. The van der Waals surface area contributed by atoms with Crippen LogP contribution in [-0.4, -0.2) is 11.7 Å². The van der Waals surface area contributed by atoms with E-state index in [1.807, 2.05) is 42.5 Å². The number of anilines is 1. The Morgan fingerprint density at radius 2 is 1.73 bits per heavy atom. The first-order valence-corrected chi connectivity index (χ1v) is 8.58. The van der Waals surface area contributed by atoms with Gasteiger partial charge in [-0.15, -0.1) is 11.8 Å². The topological polar surface area (TPSA) is 46.3 Å². The molecule has 22 heavy (non-hydrogen) atoms. The molecule has 0 spiro atoms. The van der Waals surface area contributed by atoms with Gasteiger partial charge in [0.2, 0.25) is 0 Å². The number of para-hydroxylation sites is 1. The molecule has 0 radical (unpaired) electrons. The minimum Gasteiger partial charge on any atom is -0.267 e. The fourth-order valence-electron chi connectivity index (χ4n) is 2.14. The van der Waals surface area contributed by atoms with Crippen LogP contribution in [0.1, 0.15) is 36.5 Å². The highest BCUT2D eigenvalue weighted by molar-refractivity contribution is 7.99. The predicted molar refractivity (Wildman–Crippen MR) is 94.1 cm³/mol. The van der Waals surface area contributed by atoms with Gasteiger partial charge in [0.15, 0.2) is 0 Å². The molecule has 0 aliphatic carbocycles. The fourth-order valence-corrected chi connectivity index (χ4v) is 3.20. The lowest BCUT2D eigenvalue weighted by Crippen LogP contribution is -2.37. The Kier molecular flexibility index (Phi) is 6.49. The van der Waals surface area contributed by atoms with Crippen molar-refractivity contribution in [2.75, 3.05) is 10.8 Å². The summed E-state index contributed by atoms with van der Waals surface area (Å²) in [6, 6.07) is 16.9. The van der Waals surface area contributed by atoms with E-state index in [0.717, 1.165) is 16.3 Å². The Labute approximate surface area is 136 Å². The lowest BCUT2D eigenvalue weighted by molar-refractivity contribution is 0.0986. The quantitative estimate of drug-likeness (QED) is 0.269. The number of rotatable bonds is 7. The maximum Gasteiger partial charge on any atom is 0.272 e. The van der Waals surface area contributed by atoms with Crippen molar-refractivity contribution in [2.24, 2.45) is 5.84 Å². The van der Waals surface area contributed by atoms with E-state index < -0.39 is 0 Å². The number of nitrogens with two attached hydrogens (primary N) is 1. The summed E-state index contributed by atoms with van der Waals surface area (Å²) >= 11 is 1.75. The van der Waals surface area contributed by atoms with Gasteiger partial charge >= 0.3 is 0 Å². The van der Waals surface area contributed by atoms with Crippen molar-refractivity contribution in [3.8, 4) is 0 Å². The van der Waals surface area contributed by atoms with Crippen molar-refractivity contribution in [3.05, 3.63) is 60.2 Å². The van der Waals surface area contributed by atoms with Crippen LogP contribution in [0.25, 0.3) is 0 Å². The number of nitrogens with zero attached hydrogens (tertiary/aromatic N) is 1. The van der Waals surface area contributed by atoms with Crippen molar-refractivity contribution >= 4 is 23.4 Å². The van der Waals surface area contributed by atoms with Gasteiger partial charge in [-0.1, -0.05) is 50.1 Å². The lowest BCUT2D eigenvalue weighted by Gasteiger charge is -2.19. The van der Waals surface area contributed by atoms with Crippen LogP contribution < -0.4 is 10.9 Å². The van der Waals surface area contributed by atoms with Crippen molar-refractivity contribution < 1.29 is 4.79 Å². The maximum absolute atomic E-state index is 12.5. The molecule has 2 rings (SSSR count). The van der Waals surface area contributed by atoms with Crippen LogP contribution in [-0.2, 0) is 0 Å². The maximum atomic E-state index is 12.5. The highest BCUT2D eigenvalue weighted by atomic mass is 32.2. The van der Waals surface area contributed by atoms with Crippen molar-refractivity contribution in [1.29, 1.82) is 0 Å². The summed E-state index contributed by atoms with van der Waals surface area (Å²) in [6.07, 6.45) is 3.61. The van der Waals surface area contributed by atoms with Crippen LogP contribution in [0.5, 0.6) is 0 Å². The van der Waals surface area contributed by atoms with Crippen molar-refractivity contribution in [3.63, 3.8) is 0 Å². The number of hydrazine groups is 1. The molecule has 4 heteroatoms. The van der Waals surface area contributed by atoms with Crippen LogP contribution in [0.4, 0.5) is 5.69 Å². The minimum absolute atomic E-state index is 0.192. The number of benzene rings is 2. The second-order valence-electron chi connectivity index (χ2n) is 5.06. The van der Waals surface area contributed by atoms with Gasteiger partial charge in [-0.05, 0) is 36.4 Å². The highest BCUT2D eigenvalue weighted by Crippen LogP contribution is 2.30. The van der Waals surface area contributed by atoms with Crippen LogP contribution in [0.2, 0.25) is 0 Å². The largest absolute Gasteiger partial charge is 0.272 e. The summed E-state index contributed by atoms with van der Waals surface area (Å²) in [5, 5.41) is 1.25. The number of unbranched alkanes of at least 4 members (excludes halogenated alkanes) is 2. The molecular formula is C18H22N2OS. The molecule has 0 saturated heterocycles.